The van der Waals surface area contributed by atoms with E-state index in [1.807, 2.05) is 39.0 Å². The van der Waals surface area contributed by atoms with Crippen LogP contribution in [0.15, 0.2) is 41.4 Å². The van der Waals surface area contributed by atoms with Gasteiger partial charge in [-0.15, -0.1) is 0 Å². The van der Waals surface area contributed by atoms with Gasteiger partial charge in [-0.2, -0.15) is 0 Å². The molecule has 2 amide bonds. The second kappa shape index (κ2) is 9.20. The second-order valence-electron chi connectivity index (χ2n) is 6.81. The molecule has 1 fully saturated rings. The number of anilines is 1. The van der Waals surface area contributed by atoms with E-state index in [9.17, 15) is 9.59 Å². The molecule has 0 aromatic heterocycles. The summed E-state index contributed by atoms with van der Waals surface area (Å²) in [6.07, 6.45) is 0.0698. The first-order valence-electron chi connectivity index (χ1n) is 9.16. The van der Waals surface area contributed by atoms with E-state index in [0.29, 0.717) is 27.4 Å². The molecule has 2 aromatic carbocycles. The second-order valence-corrected chi connectivity index (χ2v) is 8.82. The van der Waals surface area contributed by atoms with Crippen molar-refractivity contribution < 1.29 is 9.59 Å². The Labute approximate surface area is 184 Å². The van der Waals surface area contributed by atoms with Crippen LogP contribution in [0.5, 0.6) is 0 Å². The molecule has 1 heterocycles. The molecule has 1 N–H and O–H groups in total. The number of rotatable bonds is 5. The molecule has 1 unspecified atom stereocenters. The van der Waals surface area contributed by atoms with Gasteiger partial charge in [0.05, 0.1) is 10.7 Å². The molecule has 0 spiro atoms. The van der Waals surface area contributed by atoms with Gasteiger partial charge in [-0.05, 0) is 62.2 Å². The Morgan fingerprint density at radius 3 is 2.48 bits per heavy atom. The van der Waals surface area contributed by atoms with E-state index in [4.69, 9.17) is 23.2 Å². The van der Waals surface area contributed by atoms with Gasteiger partial charge in [0, 0.05) is 23.7 Å². The molecule has 152 valence electrons. The lowest BCUT2D eigenvalue weighted by Gasteiger charge is -2.13. The van der Waals surface area contributed by atoms with E-state index in [1.54, 1.807) is 23.1 Å². The lowest BCUT2D eigenvalue weighted by molar-refractivity contribution is -0.128. The lowest BCUT2D eigenvalue weighted by atomic mass is 10.1. The molecular weight excluding hydrogens is 429 g/mol. The molecule has 29 heavy (non-hydrogen) atoms. The van der Waals surface area contributed by atoms with Crippen molar-refractivity contribution in [3.63, 3.8) is 0 Å². The third-order valence-electron chi connectivity index (χ3n) is 4.34. The Morgan fingerprint density at radius 2 is 1.86 bits per heavy atom. The fourth-order valence-corrected chi connectivity index (χ4v) is 4.78. The zero-order chi connectivity index (χ0) is 21.1. The minimum Gasteiger partial charge on any atom is -0.326 e. The van der Waals surface area contributed by atoms with Crippen LogP contribution in [0.25, 0.3) is 0 Å². The molecule has 5 nitrogen and oxygen atoms in total. The zero-order valence-electron chi connectivity index (χ0n) is 16.3. The average molecular weight is 450 g/mol. The Bertz CT molecular complexity index is 974. The molecule has 1 aliphatic heterocycles. The highest BCUT2D eigenvalue weighted by atomic mass is 35.5. The third-order valence-corrected chi connectivity index (χ3v) is 6.05. The van der Waals surface area contributed by atoms with E-state index >= 15 is 0 Å². The van der Waals surface area contributed by atoms with Crippen molar-refractivity contribution in [2.24, 2.45) is 4.99 Å². The maximum absolute atomic E-state index is 12.8. The highest BCUT2D eigenvalue weighted by Crippen LogP contribution is 2.34. The molecule has 3 rings (SSSR count). The average Bonchev–Trinajstić information content (AvgIpc) is 2.91. The van der Waals surface area contributed by atoms with Gasteiger partial charge in [-0.1, -0.05) is 41.0 Å². The number of amidine groups is 1. The lowest BCUT2D eigenvalue weighted by Crippen LogP contribution is -2.33. The summed E-state index contributed by atoms with van der Waals surface area (Å²) in [6, 6.07) is 10.9. The first-order valence-corrected chi connectivity index (χ1v) is 10.8. The summed E-state index contributed by atoms with van der Waals surface area (Å²) in [5.41, 5.74) is 3.40. The standard InChI is InChI=1S/C21H21Cl2N3O2S/c1-4-26-20(28)18(11-19(27)24-15-8-12(2)7-13(3)9-15)29-21(26)25-17-6-5-14(22)10-16(17)23/h5-10,18H,4,11H2,1-3H3,(H,24,27). The maximum Gasteiger partial charge on any atom is 0.242 e. The number of hydrogen-bond acceptors (Lipinski definition) is 4. The molecule has 0 aliphatic carbocycles. The molecule has 1 saturated heterocycles. The van der Waals surface area contributed by atoms with E-state index in [1.165, 1.54) is 11.8 Å². The largest absolute Gasteiger partial charge is 0.326 e. The van der Waals surface area contributed by atoms with Crippen LogP contribution < -0.4 is 5.32 Å². The van der Waals surface area contributed by atoms with Gasteiger partial charge >= 0.3 is 0 Å². The van der Waals surface area contributed by atoms with Gasteiger partial charge in [-0.25, -0.2) is 4.99 Å². The zero-order valence-corrected chi connectivity index (χ0v) is 18.7. The summed E-state index contributed by atoms with van der Waals surface area (Å²) >= 11 is 13.4. The van der Waals surface area contributed by atoms with Gasteiger partial charge in [0.2, 0.25) is 11.8 Å². The van der Waals surface area contributed by atoms with Crippen molar-refractivity contribution in [1.29, 1.82) is 0 Å². The molecular formula is C21H21Cl2N3O2S. The third kappa shape index (κ3) is 5.32. The van der Waals surface area contributed by atoms with Crippen molar-refractivity contribution >= 4 is 63.3 Å². The monoisotopic (exact) mass is 449 g/mol. The molecule has 0 bridgehead atoms. The van der Waals surface area contributed by atoms with Crippen LogP contribution in [0.2, 0.25) is 10.0 Å². The van der Waals surface area contributed by atoms with Gasteiger partial charge in [0.1, 0.15) is 5.25 Å². The summed E-state index contributed by atoms with van der Waals surface area (Å²) in [5, 5.41) is 3.82. The summed E-state index contributed by atoms with van der Waals surface area (Å²) in [6.45, 7) is 6.28. The number of benzene rings is 2. The maximum atomic E-state index is 12.8. The minimum absolute atomic E-state index is 0.0698. The van der Waals surface area contributed by atoms with Gasteiger partial charge in [-0.3, -0.25) is 14.5 Å². The van der Waals surface area contributed by atoms with Crippen LogP contribution in [-0.4, -0.2) is 33.7 Å². The highest BCUT2D eigenvalue weighted by Gasteiger charge is 2.38. The fraction of sp³-hybridized carbons (Fsp3) is 0.286. The first kappa shape index (κ1) is 21.7. The van der Waals surface area contributed by atoms with Crippen molar-refractivity contribution in [3.05, 3.63) is 57.6 Å². The Kier molecular flexibility index (Phi) is 6.88. The number of aliphatic imine (C=N–C) groups is 1. The minimum atomic E-state index is -0.523. The number of nitrogens with zero attached hydrogens (tertiary/aromatic N) is 2. The number of carbonyl (C=O) groups excluding carboxylic acids is 2. The molecule has 8 heteroatoms. The number of amides is 2. The van der Waals surface area contributed by atoms with Crippen molar-refractivity contribution in [2.45, 2.75) is 32.4 Å². The molecule has 1 aliphatic rings. The molecule has 0 saturated carbocycles. The SMILES string of the molecule is CCN1C(=O)C(CC(=O)Nc2cc(C)cc(C)c2)SC1=Nc1ccc(Cl)cc1Cl. The topological polar surface area (TPSA) is 61.8 Å². The van der Waals surface area contributed by atoms with E-state index < -0.39 is 5.25 Å². The van der Waals surface area contributed by atoms with E-state index in [2.05, 4.69) is 10.3 Å². The van der Waals surface area contributed by atoms with Gasteiger partial charge < -0.3 is 5.32 Å². The van der Waals surface area contributed by atoms with Gasteiger partial charge in [0.25, 0.3) is 0 Å². The summed E-state index contributed by atoms with van der Waals surface area (Å²) < 4.78 is 0. The van der Waals surface area contributed by atoms with Crippen LogP contribution in [0.4, 0.5) is 11.4 Å². The molecule has 1 atom stereocenters. The van der Waals surface area contributed by atoms with Crippen LogP contribution in [-0.2, 0) is 9.59 Å². The molecule has 0 radical (unpaired) electrons. The smallest absolute Gasteiger partial charge is 0.242 e. The summed E-state index contributed by atoms with van der Waals surface area (Å²) in [4.78, 5) is 31.4. The van der Waals surface area contributed by atoms with E-state index in [-0.39, 0.29) is 18.2 Å². The molecule has 2 aromatic rings. The quantitative estimate of drug-likeness (QED) is 0.646. The van der Waals surface area contributed by atoms with Crippen LogP contribution in [0.3, 0.4) is 0 Å². The predicted octanol–water partition coefficient (Wildman–Crippen LogP) is 5.59. The Balaban J connectivity index is 1.74. The normalized spacial score (nSPS) is 17.8. The number of thioether (sulfide) groups is 1. The van der Waals surface area contributed by atoms with Crippen LogP contribution in [0.1, 0.15) is 24.5 Å². The Morgan fingerprint density at radius 1 is 1.17 bits per heavy atom. The first-order chi connectivity index (χ1) is 13.8. The van der Waals surface area contributed by atoms with Crippen molar-refractivity contribution in [1.82, 2.24) is 4.90 Å². The van der Waals surface area contributed by atoms with Crippen LogP contribution >= 0.6 is 35.0 Å². The number of carbonyl (C=O) groups is 2. The number of halogens is 2. The predicted molar refractivity (Wildman–Crippen MR) is 121 cm³/mol. The fourth-order valence-electron chi connectivity index (χ4n) is 3.12. The summed E-state index contributed by atoms with van der Waals surface area (Å²) in [5.74, 6) is -0.334. The Hall–Kier alpha value is -2.02. The van der Waals surface area contributed by atoms with Crippen LogP contribution in [0, 0.1) is 13.8 Å². The van der Waals surface area contributed by atoms with Crippen molar-refractivity contribution in [2.75, 3.05) is 11.9 Å². The summed E-state index contributed by atoms with van der Waals surface area (Å²) in [7, 11) is 0. The number of nitrogens with one attached hydrogen (secondary N) is 1. The van der Waals surface area contributed by atoms with Crippen molar-refractivity contribution in [3.8, 4) is 0 Å². The number of hydrogen-bond donors (Lipinski definition) is 1. The van der Waals surface area contributed by atoms with E-state index in [0.717, 1.165) is 16.8 Å². The highest BCUT2D eigenvalue weighted by molar-refractivity contribution is 8.15. The number of aryl methyl sites for hydroxylation is 2. The van der Waals surface area contributed by atoms with Gasteiger partial charge in [0.15, 0.2) is 5.17 Å².